The summed E-state index contributed by atoms with van der Waals surface area (Å²) in [6, 6.07) is 9.40. The molecule has 1 aromatic carbocycles. The Labute approximate surface area is 207 Å². The molecule has 8 heteroatoms. The molecular formula is C27H35N5O3. The van der Waals surface area contributed by atoms with E-state index in [0.717, 1.165) is 12.8 Å². The number of nitrogens with one attached hydrogen (secondary N) is 2. The molecule has 1 aliphatic carbocycles. The van der Waals surface area contributed by atoms with E-state index in [1.54, 1.807) is 44.4 Å². The van der Waals surface area contributed by atoms with Gasteiger partial charge < -0.3 is 20.4 Å². The summed E-state index contributed by atoms with van der Waals surface area (Å²) >= 11 is 0. The number of fused-ring (bicyclic) bond motifs is 1. The Morgan fingerprint density at radius 2 is 1.80 bits per heavy atom. The quantitative estimate of drug-likeness (QED) is 0.639. The van der Waals surface area contributed by atoms with E-state index < -0.39 is 18.1 Å². The van der Waals surface area contributed by atoms with Crippen molar-refractivity contribution in [2.75, 3.05) is 26.5 Å². The van der Waals surface area contributed by atoms with E-state index in [-0.39, 0.29) is 29.6 Å². The molecule has 3 unspecified atom stereocenters. The molecule has 1 aliphatic heterocycles. The molecule has 2 N–H and O–H groups in total. The fourth-order valence-electron chi connectivity index (χ4n) is 5.26. The molecule has 0 bridgehead atoms. The highest BCUT2D eigenvalue weighted by Crippen LogP contribution is 2.35. The number of carbonyl (C=O) groups is 3. The molecule has 2 heterocycles. The number of nitrogens with zero attached hydrogens (tertiary/aromatic N) is 3. The van der Waals surface area contributed by atoms with Crippen molar-refractivity contribution in [3.05, 3.63) is 59.3 Å². The summed E-state index contributed by atoms with van der Waals surface area (Å²) in [7, 11) is 5.11. The van der Waals surface area contributed by atoms with E-state index in [1.807, 2.05) is 26.0 Å². The van der Waals surface area contributed by atoms with Gasteiger partial charge in [0.1, 0.15) is 23.9 Å². The van der Waals surface area contributed by atoms with Crippen molar-refractivity contribution in [3.8, 4) is 0 Å². The van der Waals surface area contributed by atoms with E-state index in [1.165, 1.54) is 16.0 Å². The first-order valence-electron chi connectivity index (χ1n) is 12.3. The molecule has 4 rings (SSSR count). The van der Waals surface area contributed by atoms with Crippen LogP contribution in [0.1, 0.15) is 43.0 Å². The summed E-state index contributed by atoms with van der Waals surface area (Å²) < 4.78 is 0. The molecule has 8 nitrogen and oxygen atoms in total. The Hall–Kier alpha value is -3.42. The molecule has 3 amide bonds. The summed E-state index contributed by atoms with van der Waals surface area (Å²) in [5, 5.41) is 6.02. The first-order valence-corrected chi connectivity index (χ1v) is 12.3. The SMILES string of the molecule is CNc1ccc(C(C(=O)N(C)C)N2C(=O)C(C3Cc4ccccc4C3)NC(=O)C2CC(C)C)cn1. The summed E-state index contributed by atoms with van der Waals surface area (Å²) in [6.07, 6.45) is 3.53. The molecule has 1 saturated heterocycles. The van der Waals surface area contributed by atoms with Crippen molar-refractivity contribution in [1.82, 2.24) is 20.1 Å². The Morgan fingerprint density at radius 3 is 2.31 bits per heavy atom. The molecule has 35 heavy (non-hydrogen) atoms. The molecule has 2 aromatic rings. The van der Waals surface area contributed by atoms with Gasteiger partial charge in [-0.3, -0.25) is 14.4 Å². The maximum Gasteiger partial charge on any atom is 0.249 e. The van der Waals surface area contributed by atoms with Gasteiger partial charge in [-0.2, -0.15) is 0 Å². The van der Waals surface area contributed by atoms with E-state index in [2.05, 4.69) is 27.8 Å². The second kappa shape index (κ2) is 10.1. The highest BCUT2D eigenvalue weighted by molar-refractivity contribution is 6.00. The average molecular weight is 478 g/mol. The molecule has 3 atom stereocenters. The molecule has 1 fully saturated rings. The molecule has 0 spiro atoms. The zero-order chi connectivity index (χ0) is 25.3. The number of benzene rings is 1. The van der Waals surface area contributed by atoms with E-state index in [0.29, 0.717) is 17.8 Å². The minimum absolute atomic E-state index is 0.0498. The number of aromatic nitrogens is 1. The van der Waals surface area contributed by atoms with Crippen molar-refractivity contribution < 1.29 is 14.4 Å². The zero-order valence-electron chi connectivity index (χ0n) is 21.1. The van der Waals surface area contributed by atoms with E-state index >= 15 is 0 Å². The first kappa shape index (κ1) is 24.7. The maximum absolute atomic E-state index is 14.2. The van der Waals surface area contributed by atoms with Gasteiger partial charge in [0.05, 0.1) is 0 Å². The molecular weight excluding hydrogens is 442 g/mol. The topological polar surface area (TPSA) is 94.6 Å². The van der Waals surface area contributed by atoms with Gasteiger partial charge in [-0.05, 0) is 48.3 Å². The number of rotatable bonds is 7. The van der Waals surface area contributed by atoms with Crippen LogP contribution in [0.2, 0.25) is 0 Å². The lowest BCUT2D eigenvalue weighted by molar-refractivity contribution is -0.159. The first-order chi connectivity index (χ1) is 16.7. The zero-order valence-corrected chi connectivity index (χ0v) is 21.1. The maximum atomic E-state index is 14.2. The van der Waals surface area contributed by atoms with Crippen LogP contribution in [0.5, 0.6) is 0 Å². The van der Waals surface area contributed by atoms with Crippen molar-refractivity contribution >= 4 is 23.5 Å². The lowest BCUT2D eigenvalue weighted by atomic mass is 9.88. The van der Waals surface area contributed by atoms with Crippen LogP contribution < -0.4 is 10.6 Å². The molecule has 186 valence electrons. The molecule has 0 saturated carbocycles. The number of pyridine rings is 1. The summed E-state index contributed by atoms with van der Waals surface area (Å²) in [4.78, 5) is 48.6. The number of piperazine rings is 1. The third-order valence-electron chi connectivity index (χ3n) is 7.02. The van der Waals surface area contributed by atoms with E-state index in [4.69, 9.17) is 0 Å². The fraction of sp³-hybridized carbons (Fsp3) is 0.481. The number of hydrogen-bond acceptors (Lipinski definition) is 5. The molecule has 2 aliphatic rings. The van der Waals surface area contributed by atoms with Gasteiger partial charge in [0, 0.05) is 32.9 Å². The van der Waals surface area contributed by atoms with Crippen molar-refractivity contribution in [1.29, 1.82) is 0 Å². The third kappa shape index (κ3) is 4.88. The largest absolute Gasteiger partial charge is 0.373 e. The highest BCUT2D eigenvalue weighted by atomic mass is 16.2. The Morgan fingerprint density at radius 1 is 1.14 bits per heavy atom. The Balaban J connectivity index is 1.75. The Bertz CT molecular complexity index is 1070. The van der Waals surface area contributed by atoms with Gasteiger partial charge in [-0.1, -0.05) is 44.2 Å². The Kier molecular flexibility index (Phi) is 7.10. The monoisotopic (exact) mass is 477 g/mol. The molecule has 1 aromatic heterocycles. The van der Waals surface area contributed by atoms with Crippen LogP contribution >= 0.6 is 0 Å². The van der Waals surface area contributed by atoms with Crippen LogP contribution in [0, 0.1) is 11.8 Å². The molecule has 0 radical (unpaired) electrons. The number of amides is 3. The van der Waals surface area contributed by atoms with Gasteiger partial charge in [0.25, 0.3) is 0 Å². The highest BCUT2D eigenvalue weighted by Gasteiger charge is 2.49. The van der Waals surface area contributed by atoms with Crippen LogP contribution in [0.3, 0.4) is 0 Å². The summed E-state index contributed by atoms with van der Waals surface area (Å²) in [6.45, 7) is 4.03. The lowest BCUT2D eigenvalue weighted by Crippen LogP contribution is -2.67. The van der Waals surface area contributed by atoms with Crippen molar-refractivity contribution in [3.63, 3.8) is 0 Å². The number of carbonyl (C=O) groups excluding carboxylic acids is 3. The lowest BCUT2D eigenvalue weighted by Gasteiger charge is -2.45. The van der Waals surface area contributed by atoms with Gasteiger partial charge in [0.15, 0.2) is 0 Å². The van der Waals surface area contributed by atoms with Crippen LogP contribution in [-0.2, 0) is 27.2 Å². The smallest absolute Gasteiger partial charge is 0.249 e. The standard InChI is InChI=1S/C27H35N5O3/c1-16(2)12-21-25(33)30-23(20-13-17-8-6-7-9-18(17)14-20)26(34)32(21)24(27(35)31(4)5)19-10-11-22(28-3)29-15-19/h6-11,15-16,20-21,23-24H,12-14H2,1-5H3,(H,28,29)(H,30,33). The minimum Gasteiger partial charge on any atom is -0.373 e. The van der Waals surface area contributed by atoms with Crippen molar-refractivity contribution in [2.24, 2.45) is 11.8 Å². The van der Waals surface area contributed by atoms with Gasteiger partial charge >= 0.3 is 0 Å². The van der Waals surface area contributed by atoms with Crippen LogP contribution in [0.15, 0.2) is 42.6 Å². The van der Waals surface area contributed by atoms with Crippen LogP contribution in [0.25, 0.3) is 0 Å². The predicted molar refractivity (Wildman–Crippen MR) is 135 cm³/mol. The van der Waals surface area contributed by atoms with Crippen molar-refractivity contribution in [2.45, 2.75) is 51.2 Å². The number of hydrogen-bond donors (Lipinski definition) is 2. The average Bonchev–Trinajstić information content (AvgIpc) is 3.27. The van der Waals surface area contributed by atoms with Crippen LogP contribution in [-0.4, -0.2) is 65.7 Å². The second-order valence-electron chi connectivity index (χ2n) is 10.2. The van der Waals surface area contributed by atoms with Gasteiger partial charge in [0.2, 0.25) is 17.7 Å². The van der Waals surface area contributed by atoms with Gasteiger partial charge in [-0.15, -0.1) is 0 Å². The fourth-order valence-corrected chi connectivity index (χ4v) is 5.26. The van der Waals surface area contributed by atoms with E-state index in [9.17, 15) is 14.4 Å². The minimum atomic E-state index is -0.933. The summed E-state index contributed by atoms with van der Waals surface area (Å²) in [5.41, 5.74) is 3.01. The number of likely N-dealkylation sites (N-methyl/N-ethyl adjacent to an activating group) is 1. The van der Waals surface area contributed by atoms with Gasteiger partial charge in [-0.25, -0.2) is 4.98 Å². The second-order valence-corrected chi connectivity index (χ2v) is 10.2. The number of anilines is 1. The van der Waals surface area contributed by atoms with Crippen LogP contribution in [0.4, 0.5) is 5.82 Å². The third-order valence-corrected chi connectivity index (χ3v) is 7.02. The summed E-state index contributed by atoms with van der Waals surface area (Å²) in [5.74, 6) is 0.114. The predicted octanol–water partition coefficient (Wildman–Crippen LogP) is 2.41. The normalized spacial score (nSPS) is 21.0.